The number of ether oxygens (including phenoxy) is 1. The number of fused-ring (bicyclic) bond motifs is 4. The molecule has 0 saturated carbocycles. The van der Waals surface area contributed by atoms with Gasteiger partial charge in [-0.05, 0) is 144 Å². The van der Waals surface area contributed by atoms with Crippen molar-refractivity contribution in [2.75, 3.05) is 9.80 Å². The minimum Gasteiger partial charge on any atom is -0.509 e. The molecule has 0 radical (unpaired) electrons. The van der Waals surface area contributed by atoms with Crippen LogP contribution in [-0.2, 0) is 53.6 Å². The van der Waals surface area contributed by atoms with E-state index in [0.29, 0.717) is 11.5 Å². The first kappa shape index (κ1) is 58.2. The van der Waals surface area contributed by atoms with E-state index in [-0.39, 0.29) is 53.6 Å². The third kappa shape index (κ3) is 10.9. The molecule has 0 amide bonds. The Morgan fingerprint density at radius 3 is 1.59 bits per heavy atom. The molecule has 7 heteroatoms. The van der Waals surface area contributed by atoms with Crippen LogP contribution in [0.2, 0.25) is 0 Å². The molecule has 0 unspecified atom stereocenters. The molecule has 10 rings (SSSR count). The fraction of sp³-hybridized carbons (Fsp3) is 0.356. The van der Waals surface area contributed by atoms with Crippen LogP contribution in [0, 0.1) is 32.6 Å². The Morgan fingerprint density at radius 1 is 0.475 bits per heavy atom. The van der Waals surface area contributed by atoms with Gasteiger partial charge in [-0.25, -0.2) is 4.98 Å². The molecule has 1 aliphatic heterocycles. The largest absolute Gasteiger partial charge is 0.509 e. The molecule has 4 heterocycles. The van der Waals surface area contributed by atoms with E-state index in [0.717, 1.165) is 50.4 Å². The van der Waals surface area contributed by atoms with Gasteiger partial charge in [-0.2, -0.15) is 12.1 Å². The topological polar surface area (TPSA) is 46.4 Å². The van der Waals surface area contributed by atoms with Gasteiger partial charge < -0.3 is 19.1 Å². The summed E-state index contributed by atoms with van der Waals surface area (Å²) in [5.74, 6) is 2.01. The molecule has 0 bridgehead atoms. The van der Waals surface area contributed by atoms with Crippen LogP contribution in [0.1, 0.15) is 169 Å². The molecule has 9 aromatic rings. The average Bonchev–Trinajstić information content (AvgIpc) is 4.08. The molecule has 0 saturated heterocycles. The summed E-state index contributed by atoms with van der Waals surface area (Å²) >= 11 is 0. The van der Waals surface area contributed by atoms with Gasteiger partial charge in [-0.1, -0.05) is 173 Å². The molecule has 0 spiro atoms. The first-order valence-electron chi connectivity index (χ1n) is 28.3. The Hall–Kier alpha value is -6.49. The van der Waals surface area contributed by atoms with Crippen LogP contribution in [0.3, 0.4) is 0 Å². The normalized spacial score (nSPS) is 13.6. The predicted molar refractivity (Wildman–Crippen MR) is 335 cm³/mol. The van der Waals surface area contributed by atoms with E-state index in [1.54, 1.807) is 0 Å². The maximum atomic E-state index is 6.82. The number of nitrogens with zero attached hydrogens (tertiary/aromatic N) is 5. The van der Waals surface area contributed by atoms with Crippen molar-refractivity contribution in [3.8, 4) is 39.6 Å². The van der Waals surface area contributed by atoms with Crippen molar-refractivity contribution in [3.05, 3.63) is 191 Å². The number of rotatable bonds is 7. The monoisotopic (exact) mass is 1240 g/mol. The Balaban J connectivity index is 0.00000774. The molecule has 6 nitrogen and oxygen atoms in total. The number of anilines is 4. The van der Waals surface area contributed by atoms with Crippen molar-refractivity contribution in [3.63, 3.8) is 0 Å². The molecule has 1 aliphatic rings. The molecule has 0 atom stereocenters. The van der Waals surface area contributed by atoms with Gasteiger partial charge in [-0.15, -0.1) is 48.1 Å². The summed E-state index contributed by atoms with van der Waals surface area (Å²) in [4.78, 5) is 14.4. The van der Waals surface area contributed by atoms with Crippen LogP contribution in [0.5, 0.6) is 11.5 Å². The molecular weight excluding hydrogens is 1160 g/mol. The zero-order valence-electron chi connectivity index (χ0n) is 51.2. The summed E-state index contributed by atoms with van der Waals surface area (Å²) in [6, 6.07) is 47.5. The van der Waals surface area contributed by atoms with Crippen molar-refractivity contribution >= 4 is 44.6 Å². The molecule has 3 aromatic heterocycles. The van der Waals surface area contributed by atoms with Gasteiger partial charge in [0.1, 0.15) is 5.82 Å². The summed E-state index contributed by atoms with van der Waals surface area (Å²) in [7, 11) is 0. The fourth-order valence-corrected chi connectivity index (χ4v) is 11.4. The summed E-state index contributed by atoms with van der Waals surface area (Å²) in [6.07, 6.45) is 5.81. The van der Waals surface area contributed by atoms with Crippen molar-refractivity contribution in [2.45, 2.75) is 171 Å². The minimum absolute atomic E-state index is 0. The maximum Gasteiger partial charge on any atom is 0.135 e. The Morgan fingerprint density at radius 2 is 1.02 bits per heavy atom. The van der Waals surface area contributed by atoms with Crippen molar-refractivity contribution in [1.82, 2.24) is 14.5 Å². The maximum absolute atomic E-state index is 6.82. The number of hydrogen-bond acceptors (Lipinski definition) is 5. The van der Waals surface area contributed by atoms with Gasteiger partial charge in [0, 0.05) is 79.2 Å². The standard InChI is InChI=1S/C73H82N5O.Pt/c1-45-34-48(69(6,7)8)38-58(72(15,16)17)65(45)56-36-50(71(12,13)14)37-57(66-46(2)35-49(70(9,10)11)39-59(66)73(18,19)20)67(56)77-44-76(63-43-74-32-31-61(63)77)51-24-23-25-52(41-51)79-53-28-29-55-54-26-21-22-27-60(54)78(62(55)42-53)64-40-47(30-33-75-64)68(3,4)5;/h21-40,43-44H,1-20H3;/q-3;. The third-order valence-electron chi connectivity index (χ3n) is 15.9. The second-order valence-corrected chi connectivity index (χ2v) is 28.4. The molecular formula is C73H82N5OPt-3. The van der Waals surface area contributed by atoms with Gasteiger partial charge in [0.2, 0.25) is 0 Å². The minimum atomic E-state index is -0.178. The van der Waals surface area contributed by atoms with Crippen LogP contribution in [0.15, 0.2) is 128 Å². The van der Waals surface area contributed by atoms with Crippen molar-refractivity contribution < 1.29 is 25.8 Å². The smallest absolute Gasteiger partial charge is 0.135 e. The molecule has 0 aliphatic carbocycles. The second-order valence-electron chi connectivity index (χ2n) is 28.4. The average molecular weight is 1240 g/mol. The SMILES string of the molecule is Cc1cc(C(C)(C)C)cc(C(C)(C)C)c1-c1cc(C(C)(C)C)cc(-c2c(C)cc(C(C)(C)C)cc2C(C)(C)C)c1N1[CH-]N(c2[c-]c(Oc3[c-]c4c(cc3)c3ccccc3n4-c3cc(C(C)(C)C)ccn3)ccc2)c2cnccc21.[Pt]. The summed E-state index contributed by atoms with van der Waals surface area (Å²) < 4.78 is 9.02. The second kappa shape index (κ2) is 20.5. The zero-order chi connectivity index (χ0) is 57.1. The van der Waals surface area contributed by atoms with Gasteiger partial charge in [-0.3, -0.25) is 4.98 Å². The van der Waals surface area contributed by atoms with Crippen LogP contribution in [-0.4, -0.2) is 14.5 Å². The molecule has 6 aromatic carbocycles. The van der Waals surface area contributed by atoms with E-state index in [1.807, 2.05) is 36.8 Å². The van der Waals surface area contributed by atoms with Crippen LogP contribution in [0.25, 0.3) is 49.9 Å². The number of benzene rings is 6. The van der Waals surface area contributed by atoms with Crippen molar-refractivity contribution in [1.29, 1.82) is 0 Å². The Labute approximate surface area is 493 Å². The number of aryl methyl sites for hydroxylation is 2. The Bertz CT molecular complexity index is 3730. The summed E-state index contributed by atoms with van der Waals surface area (Å²) in [6.45, 7) is 48.8. The van der Waals surface area contributed by atoms with E-state index in [4.69, 9.17) is 14.7 Å². The third-order valence-corrected chi connectivity index (χ3v) is 15.9. The van der Waals surface area contributed by atoms with Crippen LogP contribution < -0.4 is 14.5 Å². The number of hydrogen-bond donors (Lipinski definition) is 0. The summed E-state index contributed by atoms with van der Waals surface area (Å²) in [5.41, 5.74) is 20.6. The Kier molecular flexibility index (Phi) is 14.9. The number of para-hydroxylation sites is 1. The van der Waals surface area contributed by atoms with E-state index in [1.165, 1.54) is 66.8 Å². The first-order chi connectivity index (χ1) is 36.8. The molecule has 0 fully saturated rings. The van der Waals surface area contributed by atoms with Gasteiger partial charge >= 0.3 is 0 Å². The molecule has 0 N–H and O–H groups in total. The molecule has 418 valence electrons. The first-order valence-corrected chi connectivity index (χ1v) is 28.3. The van der Waals surface area contributed by atoms with E-state index < -0.39 is 0 Å². The van der Waals surface area contributed by atoms with Crippen LogP contribution >= 0.6 is 0 Å². The van der Waals surface area contributed by atoms with Gasteiger partial charge in [0.25, 0.3) is 0 Å². The van der Waals surface area contributed by atoms with Gasteiger partial charge in [0.05, 0.1) is 5.69 Å². The number of aromatic nitrogens is 3. The van der Waals surface area contributed by atoms with E-state index in [9.17, 15) is 0 Å². The van der Waals surface area contributed by atoms with Crippen LogP contribution in [0.4, 0.5) is 22.7 Å². The zero-order valence-corrected chi connectivity index (χ0v) is 53.4. The quantitative estimate of drug-likeness (QED) is 0.149. The van der Waals surface area contributed by atoms with Crippen molar-refractivity contribution in [2.24, 2.45) is 0 Å². The predicted octanol–water partition coefficient (Wildman–Crippen LogP) is 20.1. The van der Waals surface area contributed by atoms with E-state index >= 15 is 0 Å². The molecule has 80 heavy (non-hydrogen) atoms. The fourth-order valence-electron chi connectivity index (χ4n) is 11.4. The number of pyridine rings is 2. The summed E-state index contributed by atoms with van der Waals surface area (Å²) in [5, 5.41) is 2.22. The van der Waals surface area contributed by atoms with E-state index in [2.05, 4.69) is 263 Å². The van der Waals surface area contributed by atoms with Gasteiger partial charge in [0.15, 0.2) is 0 Å².